The molecule has 1 aliphatic rings. The molecular weight excluding hydrogens is 238 g/mol. The summed E-state index contributed by atoms with van der Waals surface area (Å²) in [6.07, 6.45) is 5.90. The van der Waals surface area contributed by atoms with Crippen LogP contribution in [0.25, 0.3) is 0 Å². The van der Waals surface area contributed by atoms with Crippen molar-refractivity contribution >= 4 is 29.2 Å². The Morgan fingerprint density at radius 3 is 2.94 bits per heavy atom. The maximum atomic E-state index is 10.9. The van der Waals surface area contributed by atoms with Gasteiger partial charge in [-0.25, -0.2) is 9.78 Å². The Balaban J connectivity index is 2.11. The number of nitrogens with two attached hydrogens (primary N) is 1. The second-order valence-electron chi connectivity index (χ2n) is 4.17. The summed E-state index contributed by atoms with van der Waals surface area (Å²) in [5, 5.41) is 12.1. The summed E-state index contributed by atoms with van der Waals surface area (Å²) < 4.78 is 0.285. The molecule has 0 atom stereocenters. The van der Waals surface area contributed by atoms with Crippen molar-refractivity contribution in [2.24, 2.45) is 0 Å². The highest BCUT2D eigenvalue weighted by atomic mass is 32.2. The minimum absolute atomic E-state index is 0.0940. The number of hydrogen-bond acceptors (Lipinski definition) is 5. The molecule has 6 heteroatoms. The van der Waals surface area contributed by atoms with E-state index in [1.807, 2.05) is 11.8 Å². The average Bonchev–Trinajstić information content (AvgIpc) is 3.08. The maximum absolute atomic E-state index is 10.9. The maximum Gasteiger partial charge on any atom is 0.337 e. The number of carboxylic acids is 1. The minimum Gasteiger partial charge on any atom is -0.478 e. The standard InChI is InChI=1S/C11H15N3O2S/c1-17-11(3-4-11)6-14-9-8(12)7(10(15)16)2-5-13-9/h2,5H,3-4,6,12H2,1H3,(H,13,14)(H,15,16). The van der Waals surface area contributed by atoms with Gasteiger partial charge in [-0.1, -0.05) is 0 Å². The topological polar surface area (TPSA) is 88.2 Å². The first-order valence-electron chi connectivity index (χ1n) is 5.35. The van der Waals surface area contributed by atoms with Gasteiger partial charge >= 0.3 is 5.97 Å². The molecule has 0 amide bonds. The third-order valence-corrected chi connectivity index (χ3v) is 4.46. The summed E-state index contributed by atoms with van der Waals surface area (Å²) in [5.41, 5.74) is 6.06. The highest BCUT2D eigenvalue weighted by Gasteiger charge is 2.41. The van der Waals surface area contributed by atoms with Crippen LogP contribution in [0.4, 0.5) is 11.5 Å². The number of aromatic nitrogens is 1. The van der Waals surface area contributed by atoms with Crippen LogP contribution in [-0.2, 0) is 0 Å². The van der Waals surface area contributed by atoms with E-state index in [0.717, 1.165) is 6.54 Å². The molecule has 1 fully saturated rings. The van der Waals surface area contributed by atoms with Crippen LogP contribution >= 0.6 is 11.8 Å². The van der Waals surface area contributed by atoms with E-state index in [1.165, 1.54) is 25.1 Å². The molecular formula is C11H15N3O2S. The number of aromatic carboxylic acids is 1. The number of hydrogen-bond donors (Lipinski definition) is 3. The SMILES string of the molecule is CSC1(CNc2nccc(C(=O)O)c2N)CC1. The summed E-state index contributed by atoms with van der Waals surface area (Å²) >= 11 is 1.83. The van der Waals surface area contributed by atoms with E-state index in [2.05, 4.69) is 16.6 Å². The first kappa shape index (κ1) is 12.0. The van der Waals surface area contributed by atoms with E-state index >= 15 is 0 Å². The van der Waals surface area contributed by atoms with Gasteiger partial charge in [0.2, 0.25) is 0 Å². The quantitative estimate of drug-likeness (QED) is 0.739. The molecule has 0 saturated heterocycles. The monoisotopic (exact) mass is 253 g/mol. The molecule has 0 bridgehead atoms. The number of pyridine rings is 1. The van der Waals surface area contributed by atoms with Crippen molar-refractivity contribution in [3.05, 3.63) is 17.8 Å². The van der Waals surface area contributed by atoms with Crippen LogP contribution in [0, 0.1) is 0 Å². The fourth-order valence-electron chi connectivity index (χ4n) is 1.64. The molecule has 17 heavy (non-hydrogen) atoms. The lowest BCUT2D eigenvalue weighted by Gasteiger charge is -2.15. The van der Waals surface area contributed by atoms with Crippen molar-refractivity contribution in [1.82, 2.24) is 4.98 Å². The van der Waals surface area contributed by atoms with Crippen LogP contribution in [-0.4, -0.2) is 33.6 Å². The predicted octanol–water partition coefficient (Wildman–Crippen LogP) is 1.67. The van der Waals surface area contributed by atoms with Crippen molar-refractivity contribution in [2.75, 3.05) is 23.9 Å². The van der Waals surface area contributed by atoms with Crippen molar-refractivity contribution in [2.45, 2.75) is 17.6 Å². The van der Waals surface area contributed by atoms with E-state index in [1.54, 1.807) is 0 Å². The van der Waals surface area contributed by atoms with Gasteiger partial charge in [0.05, 0.1) is 11.3 Å². The zero-order chi connectivity index (χ0) is 12.5. The Kier molecular flexibility index (Phi) is 3.15. The molecule has 5 nitrogen and oxygen atoms in total. The minimum atomic E-state index is -1.03. The number of carbonyl (C=O) groups is 1. The Morgan fingerprint density at radius 2 is 2.41 bits per heavy atom. The molecule has 0 aliphatic heterocycles. The van der Waals surface area contributed by atoms with Crippen LogP contribution in [0.3, 0.4) is 0 Å². The largest absolute Gasteiger partial charge is 0.478 e. The molecule has 1 heterocycles. The number of anilines is 2. The molecule has 2 rings (SSSR count). The fourth-order valence-corrected chi connectivity index (χ4v) is 2.36. The zero-order valence-electron chi connectivity index (χ0n) is 9.56. The lowest BCUT2D eigenvalue weighted by atomic mass is 10.2. The van der Waals surface area contributed by atoms with E-state index in [-0.39, 0.29) is 16.0 Å². The molecule has 92 valence electrons. The van der Waals surface area contributed by atoms with Crippen LogP contribution in [0.15, 0.2) is 12.3 Å². The molecule has 0 radical (unpaired) electrons. The second-order valence-corrected chi connectivity index (χ2v) is 5.44. The average molecular weight is 253 g/mol. The Hall–Kier alpha value is -1.43. The van der Waals surface area contributed by atoms with Gasteiger partial charge in [-0.2, -0.15) is 11.8 Å². The smallest absolute Gasteiger partial charge is 0.337 e. The summed E-state index contributed by atoms with van der Waals surface area (Å²) in [4.78, 5) is 15.0. The zero-order valence-corrected chi connectivity index (χ0v) is 10.4. The van der Waals surface area contributed by atoms with Crippen LogP contribution < -0.4 is 11.1 Å². The molecule has 1 aliphatic carbocycles. The van der Waals surface area contributed by atoms with Crippen molar-refractivity contribution < 1.29 is 9.90 Å². The predicted molar refractivity (Wildman–Crippen MR) is 69.6 cm³/mol. The lowest BCUT2D eigenvalue weighted by Crippen LogP contribution is -2.19. The highest BCUT2D eigenvalue weighted by Crippen LogP contribution is 2.47. The number of nitrogen functional groups attached to an aromatic ring is 1. The molecule has 1 aromatic rings. The molecule has 0 spiro atoms. The summed E-state index contributed by atoms with van der Waals surface area (Å²) in [6, 6.07) is 1.41. The van der Waals surface area contributed by atoms with Crippen LogP contribution in [0.5, 0.6) is 0 Å². The summed E-state index contributed by atoms with van der Waals surface area (Å²) in [6.45, 7) is 0.772. The first-order valence-corrected chi connectivity index (χ1v) is 6.57. The van der Waals surface area contributed by atoms with Crippen molar-refractivity contribution in [3.63, 3.8) is 0 Å². The first-order chi connectivity index (χ1) is 8.08. The van der Waals surface area contributed by atoms with Gasteiger partial charge in [-0.3, -0.25) is 0 Å². The summed E-state index contributed by atoms with van der Waals surface area (Å²) in [5.74, 6) is -0.566. The van der Waals surface area contributed by atoms with Crippen molar-refractivity contribution in [1.29, 1.82) is 0 Å². The normalized spacial score (nSPS) is 16.5. The van der Waals surface area contributed by atoms with E-state index in [0.29, 0.717) is 5.82 Å². The van der Waals surface area contributed by atoms with E-state index in [9.17, 15) is 4.79 Å². The van der Waals surface area contributed by atoms with Gasteiger partial charge in [0.1, 0.15) is 5.82 Å². The Bertz CT molecular complexity index is 446. The van der Waals surface area contributed by atoms with Gasteiger partial charge in [0.15, 0.2) is 0 Å². The van der Waals surface area contributed by atoms with Gasteiger partial charge in [-0.05, 0) is 25.2 Å². The summed E-state index contributed by atoms with van der Waals surface area (Å²) in [7, 11) is 0. The van der Waals surface area contributed by atoms with E-state index < -0.39 is 5.97 Å². The number of rotatable bonds is 5. The van der Waals surface area contributed by atoms with Gasteiger partial charge in [0, 0.05) is 17.5 Å². The van der Waals surface area contributed by atoms with Gasteiger partial charge in [-0.15, -0.1) is 0 Å². The van der Waals surface area contributed by atoms with Crippen LogP contribution in [0.2, 0.25) is 0 Å². The fraction of sp³-hybridized carbons (Fsp3) is 0.455. The second kappa shape index (κ2) is 4.44. The van der Waals surface area contributed by atoms with Gasteiger partial charge in [0.25, 0.3) is 0 Å². The molecule has 4 N–H and O–H groups in total. The van der Waals surface area contributed by atoms with Gasteiger partial charge < -0.3 is 16.2 Å². The van der Waals surface area contributed by atoms with Crippen LogP contribution in [0.1, 0.15) is 23.2 Å². The van der Waals surface area contributed by atoms with E-state index in [4.69, 9.17) is 10.8 Å². The molecule has 0 unspecified atom stereocenters. The molecule has 1 aromatic heterocycles. The highest BCUT2D eigenvalue weighted by molar-refractivity contribution is 8.00. The molecule has 1 saturated carbocycles. The lowest BCUT2D eigenvalue weighted by molar-refractivity contribution is 0.0698. The third-order valence-electron chi connectivity index (χ3n) is 3.04. The van der Waals surface area contributed by atoms with Crippen molar-refractivity contribution in [3.8, 4) is 0 Å². The number of thioether (sulfide) groups is 1. The Morgan fingerprint density at radius 1 is 1.71 bits per heavy atom. The molecule has 0 aromatic carbocycles. The third kappa shape index (κ3) is 2.46. The number of nitrogens with one attached hydrogen (secondary N) is 1. The number of nitrogens with zero attached hydrogens (tertiary/aromatic N) is 1. The number of carboxylic acid groups (broad SMARTS) is 1. The Labute approximate surface area is 104 Å².